The Labute approximate surface area is 117 Å². The van der Waals surface area contributed by atoms with Crippen molar-refractivity contribution in [1.29, 1.82) is 0 Å². The Kier molecular flexibility index (Phi) is 4.70. The first kappa shape index (κ1) is 14.9. The van der Waals surface area contributed by atoms with Crippen LogP contribution >= 0.6 is 0 Å². The molecule has 2 rings (SSSR count). The lowest BCUT2D eigenvalue weighted by molar-refractivity contribution is -0.130. The lowest BCUT2D eigenvalue weighted by Gasteiger charge is -2.19. The number of likely N-dealkylation sites (tertiary alicyclic amines) is 1. The molecule has 1 aromatic rings. The smallest absolute Gasteiger partial charge is 0.223 e. The first-order chi connectivity index (χ1) is 9.51. The molecule has 1 amide bonds. The molecule has 0 aliphatic carbocycles. The van der Waals surface area contributed by atoms with Gasteiger partial charge in [0.05, 0.1) is 0 Å². The molecule has 1 N–H and O–H groups in total. The number of hydrogen-bond acceptors (Lipinski definition) is 2. The van der Waals surface area contributed by atoms with Gasteiger partial charge in [-0.3, -0.25) is 4.79 Å². The van der Waals surface area contributed by atoms with E-state index in [0.717, 1.165) is 12.5 Å². The summed E-state index contributed by atoms with van der Waals surface area (Å²) in [5.41, 5.74) is 0.359. The summed E-state index contributed by atoms with van der Waals surface area (Å²) in [6.07, 6.45) is 1.00. The third-order valence-corrected chi connectivity index (χ3v) is 3.87. The largest absolute Gasteiger partial charge is 0.396 e. The van der Waals surface area contributed by atoms with Crippen LogP contribution in [0.4, 0.5) is 8.78 Å². The topological polar surface area (TPSA) is 40.5 Å². The molecule has 1 aromatic carbocycles. The highest BCUT2D eigenvalue weighted by Gasteiger charge is 2.27. The van der Waals surface area contributed by atoms with E-state index in [1.165, 1.54) is 12.1 Å². The fraction of sp³-hybridized carbons (Fsp3) is 0.533. The second kappa shape index (κ2) is 6.31. The number of benzene rings is 1. The third kappa shape index (κ3) is 3.33. The highest BCUT2D eigenvalue weighted by molar-refractivity contribution is 5.77. The van der Waals surface area contributed by atoms with Crippen molar-refractivity contribution < 1.29 is 18.7 Å². The van der Waals surface area contributed by atoms with Crippen LogP contribution in [0.25, 0.3) is 0 Å². The fourth-order valence-corrected chi connectivity index (χ4v) is 2.61. The van der Waals surface area contributed by atoms with Gasteiger partial charge in [-0.25, -0.2) is 8.78 Å². The van der Waals surface area contributed by atoms with Gasteiger partial charge in [0.25, 0.3) is 0 Å². The van der Waals surface area contributed by atoms with E-state index in [9.17, 15) is 13.6 Å². The van der Waals surface area contributed by atoms with Gasteiger partial charge in [0.15, 0.2) is 0 Å². The zero-order valence-electron chi connectivity index (χ0n) is 11.5. The normalized spacial score (nSPS) is 20.2. The first-order valence-electron chi connectivity index (χ1n) is 6.84. The summed E-state index contributed by atoms with van der Waals surface area (Å²) >= 11 is 0. The highest BCUT2D eigenvalue weighted by Crippen LogP contribution is 2.25. The molecule has 3 nitrogen and oxygen atoms in total. The van der Waals surface area contributed by atoms with Crippen LogP contribution in [0, 0.1) is 17.6 Å². The number of aliphatic hydroxyl groups excluding tert-OH is 1. The molecular formula is C15H19F2NO2. The summed E-state index contributed by atoms with van der Waals surface area (Å²) in [4.78, 5) is 13.8. The molecule has 0 radical (unpaired) electrons. The first-order valence-corrected chi connectivity index (χ1v) is 6.84. The number of hydrogen-bond donors (Lipinski definition) is 1. The highest BCUT2D eigenvalue weighted by atomic mass is 19.1. The van der Waals surface area contributed by atoms with Gasteiger partial charge >= 0.3 is 0 Å². The van der Waals surface area contributed by atoms with Crippen LogP contribution in [-0.2, 0) is 4.79 Å². The van der Waals surface area contributed by atoms with Crippen LogP contribution in [0.3, 0.4) is 0 Å². The van der Waals surface area contributed by atoms with Crippen molar-refractivity contribution in [3.63, 3.8) is 0 Å². The molecular weight excluding hydrogens is 264 g/mol. The maximum atomic E-state index is 13.6. The number of rotatable bonds is 4. The van der Waals surface area contributed by atoms with Gasteiger partial charge < -0.3 is 10.0 Å². The van der Waals surface area contributed by atoms with E-state index < -0.39 is 11.6 Å². The minimum Gasteiger partial charge on any atom is -0.396 e. The molecule has 0 saturated carbocycles. The minimum atomic E-state index is -0.616. The van der Waals surface area contributed by atoms with Gasteiger partial charge in [0.2, 0.25) is 5.91 Å². The Morgan fingerprint density at radius 1 is 1.50 bits per heavy atom. The molecule has 1 aliphatic heterocycles. The second-order valence-corrected chi connectivity index (χ2v) is 5.45. The lowest BCUT2D eigenvalue weighted by atomic mass is 9.96. The standard InChI is InChI=1S/C15H19F2NO2/c1-10(13-3-2-12(16)7-14(13)17)6-15(20)18-5-4-11(8-18)9-19/h2-3,7,10-11,19H,4-6,8-9H2,1H3/t10-,11+/m1/s1. The molecule has 0 aromatic heterocycles. The molecule has 1 saturated heterocycles. The quantitative estimate of drug-likeness (QED) is 0.921. The van der Waals surface area contributed by atoms with Crippen LogP contribution in [-0.4, -0.2) is 35.6 Å². The van der Waals surface area contributed by atoms with E-state index in [1.807, 2.05) is 0 Å². The SMILES string of the molecule is C[C@H](CC(=O)N1CC[C@H](CO)C1)c1ccc(F)cc1F. The molecule has 0 spiro atoms. The summed E-state index contributed by atoms with van der Waals surface area (Å²) in [7, 11) is 0. The maximum absolute atomic E-state index is 13.6. The van der Waals surface area contributed by atoms with Gasteiger partial charge in [0.1, 0.15) is 11.6 Å². The Hall–Kier alpha value is -1.49. The summed E-state index contributed by atoms with van der Waals surface area (Å²) in [5.74, 6) is -1.42. The van der Waals surface area contributed by atoms with Gasteiger partial charge in [-0.1, -0.05) is 13.0 Å². The van der Waals surface area contributed by atoms with Crippen LogP contribution in [0.5, 0.6) is 0 Å². The van der Waals surface area contributed by atoms with E-state index in [0.29, 0.717) is 18.7 Å². The van der Waals surface area contributed by atoms with Crippen molar-refractivity contribution in [3.8, 4) is 0 Å². The van der Waals surface area contributed by atoms with Crippen LogP contribution < -0.4 is 0 Å². The minimum absolute atomic E-state index is 0.0443. The number of halogens is 2. The molecule has 1 fully saturated rings. The number of carbonyl (C=O) groups excluding carboxylic acids is 1. The Morgan fingerprint density at radius 2 is 2.25 bits per heavy atom. The zero-order chi connectivity index (χ0) is 14.7. The molecule has 110 valence electrons. The number of nitrogens with zero attached hydrogens (tertiary/aromatic N) is 1. The molecule has 5 heteroatoms. The monoisotopic (exact) mass is 283 g/mol. The van der Waals surface area contributed by atoms with Crippen LogP contribution in [0.2, 0.25) is 0 Å². The fourth-order valence-electron chi connectivity index (χ4n) is 2.61. The third-order valence-electron chi connectivity index (χ3n) is 3.87. The van der Waals surface area contributed by atoms with E-state index >= 15 is 0 Å². The Morgan fingerprint density at radius 3 is 2.85 bits per heavy atom. The number of carbonyl (C=O) groups is 1. The van der Waals surface area contributed by atoms with Crippen LogP contribution in [0.1, 0.15) is 31.2 Å². The number of aliphatic hydroxyl groups is 1. The summed E-state index contributed by atoms with van der Waals surface area (Å²) in [6, 6.07) is 3.44. The van der Waals surface area contributed by atoms with Gasteiger partial charge in [0, 0.05) is 38.1 Å². The van der Waals surface area contributed by atoms with E-state index in [2.05, 4.69) is 0 Å². The average Bonchev–Trinajstić information content (AvgIpc) is 2.87. The van der Waals surface area contributed by atoms with Gasteiger partial charge in [-0.2, -0.15) is 0 Å². The predicted octanol–water partition coefficient (Wildman–Crippen LogP) is 2.30. The van der Waals surface area contributed by atoms with Crippen molar-refractivity contribution in [2.75, 3.05) is 19.7 Å². The molecule has 1 aliphatic rings. The molecule has 0 bridgehead atoms. The predicted molar refractivity (Wildman–Crippen MR) is 71.2 cm³/mol. The Balaban J connectivity index is 1.97. The van der Waals surface area contributed by atoms with E-state index in [4.69, 9.17) is 5.11 Å². The second-order valence-electron chi connectivity index (χ2n) is 5.45. The molecule has 0 unspecified atom stereocenters. The molecule has 1 heterocycles. The number of amides is 1. The van der Waals surface area contributed by atoms with Crippen molar-refractivity contribution in [2.24, 2.45) is 5.92 Å². The van der Waals surface area contributed by atoms with E-state index in [-0.39, 0.29) is 30.8 Å². The van der Waals surface area contributed by atoms with Crippen molar-refractivity contribution in [3.05, 3.63) is 35.4 Å². The van der Waals surface area contributed by atoms with E-state index in [1.54, 1.807) is 11.8 Å². The van der Waals surface area contributed by atoms with Crippen molar-refractivity contribution in [2.45, 2.75) is 25.7 Å². The maximum Gasteiger partial charge on any atom is 0.223 e. The molecule has 2 atom stereocenters. The lowest BCUT2D eigenvalue weighted by Crippen LogP contribution is -2.30. The summed E-state index contributed by atoms with van der Waals surface area (Å²) in [6.45, 7) is 3.05. The molecule has 20 heavy (non-hydrogen) atoms. The summed E-state index contributed by atoms with van der Waals surface area (Å²) < 4.78 is 26.5. The summed E-state index contributed by atoms with van der Waals surface area (Å²) in [5, 5.41) is 9.06. The van der Waals surface area contributed by atoms with Gasteiger partial charge in [-0.15, -0.1) is 0 Å². The zero-order valence-corrected chi connectivity index (χ0v) is 11.5. The average molecular weight is 283 g/mol. The van der Waals surface area contributed by atoms with Crippen molar-refractivity contribution in [1.82, 2.24) is 4.90 Å². The van der Waals surface area contributed by atoms with Crippen molar-refractivity contribution >= 4 is 5.91 Å². The van der Waals surface area contributed by atoms with Crippen LogP contribution in [0.15, 0.2) is 18.2 Å². The van der Waals surface area contributed by atoms with Gasteiger partial charge in [-0.05, 0) is 24.0 Å². The Bertz CT molecular complexity index is 493.